The van der Waals surface area contributed by atoms with Gasteiger partial charge in [0.2, 0.25) is 0 Å². The summed E-state index contributed by atoms with van der Waals surface area (Å²) in [5.74, 6) is 0.648. The van der Waals surface area contributed by atoms with Gasteiger partial charge >= 0.3 is 0 Å². The molecule has 0 spiro atoms. The molecule has 0 amide bonds. The lowest BCUT2D eigenvalue weighted by molar-refractivity contribution is 0.669. The summed E-state index contributed by atoms with van der Waals surface area (Å²) in [6.45, 7) is 0. The van der Waals surface area contributed by atoms with Gasteiger partial charge in [-0.1, -0.05) is 109 Å². The van der Waals surface area contributed by atoms with Crippen molar-refractivity contribution >= 4 is 76.3 Å². The third-order valence-electron chi connectivity index (χ3n) is 10.1. The second-order valence-corrected chi connectivity index (χ2v) is 12.9. The summed E-state index contributed by atoms with van der Waals surface area (Å²) in [6.07, 6.45) is 0. The highest BCUT2D eigenvalue weighted by molar-refractivity contribution is 6.20. The highest BCUT2D eigenvalue weighted by Crippen LogP contribution is 2.43. The molecule has 4 nitrogen and oxygen atoms in total. The molecule has 0 atom stereocenters. The van der Waals surface area contributed by atoms with Gasteiger partial charge in [0.15, 0.2) is 5.82 Å². The molecule has 0 unspecified atom stereocenters. The zero-order valence-electron chi connectivity index (χ0n) is 26.7. The second-order valence-electron chi connectivity index (χ2n) is 12.9. The van der Waals surface area contributed by atoms with Crippen LogP contribution >= 0.6 is 0 Å². The van der Waals surface area contributed by atoms with Gasteiger partial charge in [0.25, 0.3) is 0 Å². The molecule has 0 aliphatic rings. The summed E-state index contributed by atoms with van der Waals surface area (Å²) >= 11 is 0. The summed E-state index contributed by atoms with van der Waals surface area (Å²) < 4.78 is 13.2. The molecular weight excluding hydrogens is 613 g/mol. The lowest BCUT2D eigenvalue weighted by Crippen LogP contribution is -1.96. The number of para-hydroxylation sites is 1. The first-order valence-corrected chi connectivity index (χ1v) is 16.8. The van der Waals surface area contributed by atoms with Crippen molar-refractivity contribution in [2.45, 2.75) is 0 Å². The van der Waals surface area contributed by atoms with Gasteiger partial charge in [-0.25, -0.2) is 9.97 Å². The number of nitrogens with zero attached hydrogens (tertiary/aromatic N) is 2. The molecular formula is C46H26N2O2. The minimum Gasteiger partial charge on any atom is -0.456 e. The van der Waals surface area contributed by atoms with Gasteiger partial charge in [0, 0.05) is 43.6 Å². The summed E-state index contributed by atoms with van der Waals surface area (Å²) in [7, 11) is 0. The highest BCUT2D eigenvalue weighted by atomic mass is 16.3. The van der Waals surface area contributed by atoms with Crippen LogP contribution in [-0.4, -0.2) is 9.97 Å². The van der Waals surface area contributed by atoms with Gasteiger partial charge in [0.05, 0.1) is 11.2 Å². The molecule has 0 bridgehead atoms. The Hall–Kier alpha value is -6.78. The van der Waals surface area contributed by atoms with Crippen molar-refractivity contribution < 1.29 is 8.83 Å². The van der Waals surface area contributed by atoms with Gasteiger partial charge in [0.1, 0.15) is 22.3 Å². The van der Waals surface area contributed by atoms with E-state index in [0.29, 0.717) is 5.82 Å². The van der Waals surface area contributed by atoms with Crippen LogP contribution in [0.25, 0.3) is 110 Å². The van der Waals surface area contributed by atoms with E-state index in [-0.39, 0.29) is 0 Å². The Labute approximate surface area is 285 Å². The third-order valence-corrected chi connectivity index (χ3v) is 10.1. The Kier molecular flexibility index (Phi) is 5.63. The predicted molar refractivity (Wildman–Crippen MR) is 205 cm³/mol. The summed E-state index contributed by atoms with van der Waals surface area (Å²) in [6, 6.07) is 54.8. The van der Waals surface area contributed by atoms with Crippen molar-refractivity contribution in [3.63, 3.8) is 0 Å². The minimum absolute atomic E-state index is 0.648. The fraction of sp³-hybridized carbons (Fsp3) is 0. The largest absolute Gasteiger partial charge is 0.456 e. The van der Waals surface area contributed by atoms with Crippen molar-refractivity contribution in [2.75, 3.05) is 0 Å². The van der Waals surface area contributed by atoms with E-state index < -0.39 is 0 Å². The number of aromatic nitrogens is 2. The summed E-state index contributed by atoms with van der Waals surface area (Å²) in [5, 5.41) is 9.95. The number of fused-ring (bicyclic) bond motifs is 10. The molecule has 0 fully saturated rings. The number of furan rings is 2. The van der Waals surface area contributed by atoms with Crippen LogP contribution in [0.5, 0.6) is 0 Å². The van der Waals surface area contributed by atoms with E-state index in [9.17, 15) is 0 Å². The van der Waals surface area contributed by atoms with Crippen molar-refractivity contribution in [1.82, 2.24) is 9.97 Å². The van der Waals surface area contributed by atoms with Crippen LogP contribution in [0.4, 0.5) is 0 Å². The average molecular weight is 639 g/mol. The number of benzene rings is 8. The Morgan fingerprint density at radius 3 is 1.98 bits per heavy atom. The molecule has 0 saturated heterocycles. The molecule has 0 saturated carbocycles. The molecule has 0 aliphatic heterocycles. The fourth-order valence-electron chi connectivity index (χ4n) is 7.71. The zero-order valence-corrected chi connectivity index (χ0v) is 26.7. The fourth-order valence-corrected chi connectivity index (χ4v) is 7.71. The second kappa shape index (κ2) is 10.4. The third kappa shape index (κ3) is 3.99. The van der Waals surface area contributed by atoms with E-state index in [1.54, 1.807) is 0 Å². The molecule has 3 heterocycles. The normalized spacial score (nSPS) is 12.0. The quantitative estimate of drug-likeness (QED) is 0.193. The molecule has 0 radical (unpaired) electrons. The molecule has 8 aromatic carbocycles. The molecule has 4 heteroatoms. The molecule has 11 rings (SSSR count). The summed E-state index contributed by atoms with van der Waals surface area (Å²) in [5.41, 5.74) is 9.15. The Morgan fingerprint density at radius 2 is 1.10 bits per heavy atom. The van der Waals surface area contributed by atoms with Crippen LogP contribution in [0, 0.1) is 0 Å². The first-order chi connectivity index (χ1) is 24.8. The van der Waals surface area contributed by atoms with Crippen molar-refractivity contribution in [2.24, 2.45) is 0 Å². The molecule has 3 aromatic heterocycles. The van der Waals surface area contributed by atoms with Crippen molar-refractivity contribution in [3.8, 4) is 33.8 Å². The van der Waals surface area contributed by atoms with Gasteiger partial charge in [-0.15, -0.1) is 0 Å². The SMILES string of the molecule is c1ccc(-c2ccc(-c3nc(-c4ccc5c(c4)oc4ccc6ccccc6c45)c4ccccc4n3)c3c2oc2cc4ccccc4cc23)cc1. The first-order valence-electron chi connectivity index (χ1n) is 16.8. The van der Waals surface area contributed by atoms with E-state index in [1.807, 2.05) is 18.2 Å². The average Bonchev–Trinajstić information content (AvgIpc) is 3.74. The number of hydrogen-bond donors (Lipinski definition) is 0. The highest BCUT2D eigenvalue weighted by Gasteiger charge is 2.21. The zero-order chi connectivity index (χ0) is 32.8. The van der Waals surface area contributed by atoms with Gasteiger partial charge in [-0.05, 0) is 75.6 Å². The predicted octanol–water partition coefficient (Wildman–Crippen LogP) is 12.7. The van der Waals surface area contributed by atoms with Gasteiger partial charge in [-0.3, -0.25) is 0 Å². The molecule has 50 heavy (non-hydrogen) atoms. The Morgan fingerprint density at radius 1 is 0.380 bits per heavy atom. The van der Waals surface area contributed by atoms with Crippen LogP contribution in [0.2, 0.25) is 0 Å². The Bertz CT molecular complexity index is 3150. The van der Waals surface area contributed by atoms with E-state index in [1.165, 1.54) is 10.8 Å². The smallest absolute Gasteiger partial charge is 0.161 e. The first kappa shape index (κ1) is 27.2. The van der Waals surface area contributed by atoms with Crippen molar-refractivity contribution in [3.05, 3.63) is 158 Å². The van der Waals surface area contributed by atoms with E-state index in [2.05, 4.69) is 140 Å². The van der Waals surface area contributed by atoms with Crippen LogP contribution < -0.4 is 0 Å². The van der Waals surface area contributed by atoms with E-state index >= 15 is 0 Å². The lowest BCUT2D eigenvalue weighted by atomic mass is 9.96. The lowest BCUT2D eigenvalue weighted by Gasteiger charge is -2.11. The maximum Gasteiger partial charge on any atom is 0.161 e. The minimum atomic E-state index is 0.648. The maximum absolute atomic E-state index is 6.75. The van der Waals surface area contributed by atoms with Crippen molar-refractivity contribution in [1.29, 1.82) is 0 Å². The van der Waals surface area contributed by atoms with Crippen LogP contribution in [-0.2, 0) is 0 Å². The van der Waals surface area contributed by atoms with Crippen LogP contribution in [0.1, 0.15) is 0 Å². The molecule has 232 valence electrons. The standard InChI is InChI=1S/C46H26N2O2/c1-2-10-27(11-3-1)33-21-22-36(43-37-24-29-13-4-5-14-30(29)25-41(37)50-45(33)43)46-47-38-17-9-8-16-34(38)44(48-46)31-18-20-35-40(26-31)49-39-23-19-28-12-6-7-15-32(28)42(35)39/h1-26H. The summed E-state index contributed by atoms with van der Waals surface area (Å²) in [4.78, 5) is 10.5. The van der Waals surface area contributed by atoms with Crippen LogP contribution in [0.15, 0.2) is 167 Å². The van der Waals surface area contributed by atoms with E-state index in [4.69, 9.17) is 18.8 Å². The van der Waals surface area contributed by atoms with Gasteiger partial charge in [-0.2, -0.15) is 0 Å². The molecule has 11 aromatic rings. The van der Waals surface area contributed by atoms with E-state index in [0.717, 1.165) is 93.5 Å². The monoisotopic (exact) mass is 638 g/mol. The van der Waals surface area contributed by atoms with Crippen LogP contribution in [0.3, 0.4) is 0 Å². The molecule has 0 aliphatic carbocycles. The van der Waals surface area contributed by atoms with Gasteiger partial charge < -0.3 is 8.83 Å². The topological polar surface area (TPSA) is 52.1 Å². The number of rotatable bonds is 3. The Balaban J connectivity index is 1.18. The number of hydrogen-bond acceptors (Lipinski definition) is 4. The maximum atomic E-state index is 6.75. The molecule has 0 N–H and O–H groups in total.